The SMILES string of the molecule is COC(=O)[C@H](COCc1cc(CCCCCn2c3ccccc3c3ccccc32)no1)NC(=O)c1ccccc1. The summed E-state index contributed by atoms with van der Waals surface area (Å²) >= 11 is 0. The van der Waals surface area contributed by atoms with Gasteiger partial charge in [0.1, 0.15) is 6.61 Å². The Morgan fingerprint density at radius 3 is 2.27 bits per heavy atom. The number of ether oxygens (including phenoxy) is 2. The minimum atomic E-state index is -0.936. The predicted molar refractivity (Wildman–Crippen MR) is 153 cm³/mol. The van der Waals surface area contributed by atoms with Crippen LogP contribution in [0.5, 0.6) is 0 Å². The summed E-state index contributed by atoms with van der Waals surface area (Å²) in [4.78, 5) is 24.6. The lowest BCUT2D eigenvalue weighted by Crippen LogP contribution is -2.44. The maximum Gasteiger partial charge on any atom is 0.330 e. The maximum atomic E-state index is 12.4. The summed E-state index contributed by atoms with van der Waals surface area (Å²) in [6.07, 6.45) is 3.95. The lowest BCUT2D eigenvalue weighted by atomic mass is 10.1. The Kier molecular flexibility index (Phi) is 8.88. The average Bonchev–Trinajstić information content (AvgIpc) is 3.58. The molecule has 5 aromatic rings. The van der Waals surface area contributed by atoms with Gasteiger partial charge < -0.3 is 23.9 Å². The lowest BCUT2D eigenvalue weighted by Gasteiger charge is -2.16. The van der Waals surface area contributed by atoms with E-state index in [1.54, 1.807) is 24.3 Å². The number of benzene rings is 3. The number of methoxy groups -OCH3 is 1. The second kappa shape index (κ2) is 13.1. The van der Waals surface area contributed by atoms with Gasteiger partial charge in [-0.2, -0.15) is 0 Å². The molecule has 0 unspecified atom stereocenters. The van der Waals surface area contributed by atoms with Crippen LogP contribution >= 0.6 is 0 Å². The number of amides is 1. The third kappa shape index (κ3) is 6.40. The molecular weight excluding hydrogens is 506 g/mol. The molecule has 3 aromatic carbocycles. The number of fused-ring (bicyclic) bond motifs is 3. The van der Waals surface area contributed by atoms with Crippen LogP contribution in [0.1, 0.15) is 41.1 Å². The summed E-state index contributed by atoms with van der Waals surface area (Å²) in [5.74, 6) is -0.388. The van der Waals surface area contributed by atoms with Crippen LogP contribution in [-0.4, -0.2) is 41.4 Å². The minimum absolute atomic E-state index is 0.0516. The van der Waals surface area contributed by atoms with Crippen molar-refractivity contribution in [3.8, 4) is 0 Å². The van der Waals surface area contributed by atoms with Gasteiger partial charge in [0.05, 0.1) is 19.4 Å². The molecule has 2 heterocycles. The number of aryl methyl sites for hydroxylation is 2. The number of para-hydroxylation sites is 2. The lowest BCUT2D eigenvalue weighted by molar-refractivity contribution is -0.144. The molecule has 1 N–H and O–H groups in total. The highest BCUT2D eigenvalue weighted by Gasteiger charge is 2.23. The van der Waals surface area contributed by atoms with Gasteiger partial charge in [0.2, 0.25) is 0 Å². The van der Waals surface area contributed by atoms with Crippen LogP contribution in [0.4, 0.5) is 0 Å². The highest BCUT2D eigenvalue weighted by atomic mass is 16.5. The summed E-state index contributed by atoms with van der Waals surface area (Å²) in [5, 5.41) is 9.42. The van der Waals surface area contributed by atoms with Crippen LogP contribution in [0.15, 0.2) is 89.5 Å². The van der Waals surface area contributed by atoms with Crippen LogP contribution in [0.2, 0.25) is 0 Å². The van der Waals surface area contributed by atoms with Crippen molar-refractivity contribution in [1.29, 1.82) is 0 Å². The van der Waals surface area contributed by atoms with Crippen molar-refractivity contribution >= 4 is 33.7 Å². The molecule has 8 heteroatoms. The monoisotopic (exact) mass is 539 g/mol. The number of aromatic nitrogens is 2. The Hall–Kier alpha value is -4.43. The zero-order valence-corrected chi connectivity index (χ0v) is 22.5. The van der Waals surface area contributed by atoms with E-state index in [4.69, 9.17) is 14.0 Å². The number of rotatable bonds is 13. The molecule has 0 radical (unpaired) electrons. The average molecular weight is 540 g/mol. The van der Waals surface area contributed by atoms with E-state index in [0.717, 1.165) is 37.9 Å². The Bertz CT molecular complexity index is 1520. The molecule has 0 fully saturated rings. The van der Waals surface area contributed by atoms with Gasteiger partial charge in [-0.15, -0.1) is 0 Å². The number of unbranched alkanes of at least 4 members (excludes halogenated alkanes) is 2. The fourth-order valence-corrected chi connectivity index (χ4v) is 4.96. The van der Waals surface area contributed by atoms with Crippen molar-refractivity contribution in [2.75, 3.05) is 13.7 Å². The fourth-order valence-electron chi connectivity index (χ4n) is 4.96. The van der Waals surface area contributed by atoms with Crippen molar-refractivity contribution in [2.45, 2.75) is 44.9 Å². The van der Waals surface area contributed by atoms with Crippen LogP contribution in [0.25, 0.3) is 21.8 Å². The van der Waals surface area contributed by atoms with Crippen LogP contribution in [0, 0.1) is 0 Å². The van der Waals surface area contributed by atoms with Gasteiger partial charge in [-0.1, -0.05) is 66.2 Å². The topological polar surface area (TPSA) is 95.6 Å². The van der Waals surface area contributed by atoms with Crippen molar-refractivity contribution < 1.29 is 23.6 Å². The molecule has 0 aliphatic carbocycles. The number of hydrogen-bond donors (Lipinski definition) is 1. The van der Waals surface area contributed by atoms with Crippen molar-refractivity contribution in [3.05, 3.63) is 102 Å². The highest BCUT2D eigenvalue weighted by molar-refractivity contribution is 6.07. The van der Waals surface area contributed by atoms with Crippen LogP contribution < -0.4 is 5.32 Å². The molecule has 206 valence electrons. The first kappa shape index (κ1) is 27.1. The maximum absolute atomic E-state index is 12.4. The molecule has 0 bridgehead atoms. The Morgan fingerprint density at radius 1 is 0.900 bits per heavy atom. The predicted octanol–water partition coefficient (Wildman–Crippen LogP) is 5.68. The van der Waals surface area contributed by atoms with Gasteiger partial charge in [-0.3, -0.25) is 4.79 Å². The van der Waals surface area contributed by atoms with Crippen LogP contribution in [-0.2, 0) is 33.8 Å². The molecule has 2 aromatic heterocycles. The molecule has 0 aliphatic heterocycles. The zero-order chi connectivity index (χ0) is 27.7. The Morgan fingerprint density at radius 2 is 1.57 bits per heavy atom. The van der Waals surface area contributed by atoms with E-state index in [-0.39, 0.29) is 19.1 Å². The Labute approximate surface area is 232 Å². The zero-order valence-electron chi connectivity index (χ0n) is 22.5. The van der Waals surface area contributed by atoms with E-state index < -0.39 is 12.0 Å². The third-order valence-electron chi connectivity index (χ3n) is 6.96. The summed E-state index contributed by atoms with van der Waals surface area (Å²) in [7, 11) is 1.27. The number of esters is 1. The summed E-state index contributed by atoms with van der Waals surface area (Å²) < 4.78 is 18.3. The molecule has 5 rings (SSSR count). The van der Waals surface area contributed by atoms with Gasteiger partial charge in [0.15, 0.2) is 11.8 Å². The molecule has 1 amide bonds. The van der Waals surface area contributed by atoms with Gasteiger partial charge in [-0.05, 0) is 43.5 Å². The highest BCUT2D eigenvalue weighted by Crippen LogP contribution is 2.29. The molecule has 0 saturated heterocycles. The number of carbonyl (C=O) groups is 2. The van der Waals surface area contributed by atoms with Crippen molar-refractivity contribution in [1.82, 2.24) is 15.0 Å². The molecular formula is C32H33N3O5. The van der Waals surface area contributed by atoms with Gasteiger partial charge in [-0.25, -0.2) is 4.79 Å². The number of hydrogen-bond acceptors (Lipinski definition) is 6. The van der Waals surface area contributed by atoms with E-state index in [9.17, 15) is 9.59 Å². The largest absolute Gasteiger partial charge is 0.467 e. The number of nitrogens with one attached hydrogen (secondary N) is 1. The van der Waals surface area contributed by atoms with Crippen molar-refractivity contribution in [3.63, 3.8) is 0 Å². The molecule has 0 spiro atoms. The van der Waals surface area contributed by atoms with E-state index in [0.29, 0.717) is 11.3 Å². The first-order chi connectivity index (χ1) is 19.6. The molecule has 1 atom stereocenters. The summed E-state index contributed by atoms with van der Waals surface area (Å²) in [5.41, 5.74) is 3.88. The molecule has 0 aliphatic rings. The second-order valence-electron chi connectivity index (χ2n) is 9.71. The third-order valence-corrected chi connectivity index (χ3v) is 6.96. The minimum Gasteiger partial charge on any atom is -0.467 e. The number of carbonyl (C=O) groups excluding carboxylic acids is 2. The second-order valence-corrected chi connectivity index (χ2v) is 9.71. The molecule has 0 saturated carbocycles. The van der Waals surface area contributed by atoms with E-state index >= 15 is 0 Å². The van der Waals surface area contributed by atoms with Gasteiger partial charge in [0, 0.05) is 40.0 Å². The summed E-state index contributed by atoms with van der Waals surface area (Å²) in [6, 6.07) is 26.8. The number of nitrogens with zero attached hydrogens (tertiary/aromatic N) is 2. The van der Waals surface area contributed by atoms with Crippen LogP contribution in [0.3, 0.4) is 0 Å². The van der Waals surface area contributed by atoms with E-state index in [1.807, 2.05) is 12.1 Å². The first-order valence-corrected chi connectivity index (χ1v) is 13.6. The van der Waals surface area contributed by atoms with E-state index in [2.05, 4.69) is 63.6 Å². The fraction of sp³-hybridized carbons (Fsp3) is 0.281. The first-order valence-electron chi connectivity index (χ1n) is 13.6. The summed E-state index contributed by atoms with van der Waals surface area (Å²) in [6.45, 7) is 1.05. The quantitative estimate of drug-likeness (QED) is 0.153. The van der Waals surface area contributed by atoms with Gasteiger partial charge >= 0.3 is 5.97 Å². The standard InChI is InChI=1S/C32H33N3O5/c1-38-32(37)28(33-31(36)23-12-4-2-5-13-23)22-39-21-25-20-24(34-40-25)14-6-3-11-19-35-29-17-9-7-15-26(29)27-16-8-10-18-30(27)35/h2,4-5,7-10,12-13,15-18,20,28H,3,6,11,14,19,21-22H2,1H3,(H,33,36)/t28-/m0/s1. The van der Waals surface area contributed by atoms with Gasteiger partial charge in [0.25, 0.3) is 5.91 Å². The smallest absolute Gasteiger partial charge is 0.330 e. The molecule has 8 nitrogen and oxygen atoms in total. The normalized spacial score (nSPS) is 12.0. The Balaban J connectivity index is 1.07. The van der Waals surface area contributed by atoms with E-state index in [1.165, 1.54) is 28.9 Å². The molecule has 40 heavy (non-hydrogen) atoms. The van der Waals surface area contributed by atoms with Crippen molar-refractivity contribution in [2.24, 2.45) is 0 Å².